The summed E-state index contributed by atoms with van der Waals surface area (Å²) in [5.74, 6) is 0.398. The molecule has 1 aliphatic rings. The average Bonchev–Trinajstić information content (AvgIpc) is 2.03. The lowest BCUT2D eigenvalue weighted by atomic mass is 9.77. The van der Waals surface area contributed by atoms with Crippen LogP contribution < -0.4 is 5.73 Å². The zero-order valence-corrected chi connectivity index (χ0v) is 7.66. The highest BCUT2D eigenvalue weighted by atomic mass is 16.3. The Labute approximate surface area is 73.6 Å². The molecule has 0 heterocycles. The maximum atomic E-state index is 9.64. The fourth-order valence-electron chi connectivity index (χ4n) is 1.84. The highest BCUT2D eigenvalue weighted by Crippen LogP contribution is 2.32. The molecule has 0 unspecified atom stereocenters. The van der Waals surface area contributed by atoms with E-state index in [9.17, 15) is 5.11 Å². The molecule has 4 N–H and O–H groups in total. The summed E-state index contributed by atoms with van der Waals surface area (Å²) in [6.45, 7) is 1.93. The molecule has 1 atom stereocenters. The Morgan fingerprint density at radius 1 is 1.50 bits per heavy atom. The second kappa shape index (κ2) is 3.73. The summed E-state index contributed by atoms with van der Waals surface area (Å²) in [5.41, 5.74) is 5.21. The lowest BCUT2D eigenvalue weighted by molar-refractivity contribution is 0.00161. The van der Waals surface area contributed by atoms with Crippen LogP contribution in [-0.2, 0) is 0 Å². The first kappa shape index (κ1) is 9.96. The quantitative estimate of drug-likeness (QED) is 0.560. The summed E-state index contributed by atoms with van der Waals surface area (Å²) >= 11 is 0. The van der Waals surface area contributed by atoms with Gasteiger partial charge in [-0.3, -0.25) is 0 Å². The summed E-state index contributed by atoms with van der Waals surface area (Å²) in [7, 11) is 0. The number of rotatable bonds is 2. The van der Waals surface area contributed by atoms with Gasteiger partial charge in [-0.1, -0.05) is 0 Å². The van der Waals surface area contributed by atoms with Crippen molar-refractivity contribution < 1.29 is 10.2 Å². The Morgan fingerprint density at radius 2 is 2.00 bits per heavy atom. The summed E-state index contributed by atoms with van der Waals surface area (Å²) in [6, 6.07) is -0.0962. The second-order valence-corrected chi connectivity index (χ2v) is 4.18. The van der Waals surface area contributed by atoms with Gasteiger partial charge in [-0.25, -0.2) is 0 Å². The van der Waals surface area contributed by atoms with Gasteiger partial charge in [-0.05, 0) is 38.5 Å². The van der Waals surface area contributed by atoms with Gasteiger partial charge in [0.1, 0.15) is 0 Å². The average molecular weight is 173 g/mol. The molecule has 1 fully saturated rings. The minimum Gasteiger partial charge on any atom is -0.395 e. The van der Waals surface area contributed by atoms with E-state index in [1.54, 1.807) is 0 Å². The molecule has 0 aromatic heterocycles. The lowest BCUT2D eigenvalue weighted by Crippen LogP contribution is -2.40. The molecule has 0 saturated heterocycles. The van der Waals surface area contributed by atoms with Crippen LogP contribution in [0.2, 0.25) is 0 Å². The van der Waals surface area contributed by atoms with Crippen LogP contribution in [0.1, 0.15) is 32.6 Å². The highest BCUT2D eigenvalue weighted by molar-refractivity contribution is 4.85. The molecule has 0 spiro atoms. The van der Waals surface area contributed by atoms with Crippen LogP contribution in [-0.4, -0.2) is 28.5 Å². The minimum atomic E-state index is -0.494. The molecule has 3 nitrogen and oxygen atoms in total. The van der Waals surface area contributed by atoms with E-state index in [1.807, 2.05) is 6.92 Å². The molecule has 0 aromatic rings. The van der Waals surface area contributed by atoms with Crippen molar-refractivity contribution >= 4 is 0 Å². The standard InChI is InChI=1S/C9H19NO2/c1-9(12)4-2-7(3-5-9)8(10)6-11/h7-8,11-12H,2-6,10H2,1H3/t7?,8-,9?/m1/s1. The van der Waals surface area contributed by atoms with E-state index < -0.39 is 5.60 Å². The molecular weight excluding hydrogens is 154 g/mol. The predicted octanol–water partition coefficient (Wildman–Crippen LogP) is 0.247. The normalized spacial score (nSPS) is 39.5. The first-order valence-corrected chi connectivity index (χ1v) is 4.64. The minimum absolute atomic E-state index is 0.0623. The highest BCUT2D eigenvalue weighted by Gasteiger charge is 2.30. The Hall–Kier alpha value is -0.120. The smallest absolute Gasteiger partial charge is 0.0620 e. The fourth-order valence-corrected chi connectivity index (χ4v) is 1.84. The molecule has 1 rings (SSSR count). The lowest BCUT2D eigenvalue weighted by Gasteiger charge is -2.35. The Kier molecular flexibility index (Phi) is 3.09. The molecule has 72 valence electrons. The van der Waals surface area contributed by atoms with Gasteiger partial charge >= 0.3 is 0 Å². The monoisotopic (exact) mass is 173 g/mol. The maximum Gasteiger partial charge on any atom is 0.0620 e. The number of nitrogens with two attached hydrogens (primary N) is 1. The molecule has 1 aliphatic carbocycles. The maximum absolute atomic E-state index is 9.64. The van der Waals surface area contributed by atoms with Crippen LogP contribution in [0.25, 0.3) is 0 Å². The van der Waals surface area contributed by atoms with Gasteiger partial charge in [0, 0.05) is 6.04 Å². The van der Waals surface area contributed by atoms with E-state index in [-0.39, 0.29) is 12.6 Å². The van der Waals surface area contributed by atoms with Crippen molar-refractivity contribution in [2.75, 3.05) is 6.61 Å². The van der Waals surface area contributed by atoms with E-state index in [0.717, 1.165) is 25.7 Å². The van der Waals surface area contributed by atoms with Crippen molar-refractivity contribution in [2.24, 2.45) is 11.7 Å². The third-order valence-electron chi connectivity index (χ3n) is 2.92. The molecule has 0 radical (unpaired) electrons. The van der Waals surface area contributed by atoms with Crippen LogP contribution in [0.3, 0.4) is 0 Å². The summed E-state index contributed by atoms with van der Waals surface area (Å²) < 4.78 is 0. The van der Waals surface area contributed by atoms with Gasteiger partial charge in [-0.2, -0.15) is 0 Å². The van der Waals surface area contributed by atoms with Gasteiger partial charge in [0.25, 0.3) is 0 Å². The number of hydrogen-bond acceptors (Lipinski definition) is 3. The van der Waals surface area contributed by atoms with E-state index in [4.69, 9.17) is 10.8 Å². The Balaban J connectivity index is 2.36. The number of aliphatic hydroxyl groups is 2. The van der Waals surface area contributed by atoms with Gasteiger partial charge in [0.2, 0.25) is 0 Å². The van der Waals surface area contributed by atoms with Crippen molar-refractivity contribution in [1.82, 2.24) is 0 Å². The Morgan fingerprint density at radius 3 is 2.42 bits per heavy atom. The SMILES string of the molecule is CC1(O)CCC([C@H](N)CO)CC1. The van der Waals surface area contributed by atoms with Crippen LogP contribution in [0, 0.1) is 5.92 Å². The van der Waals surface area contributed by atoms with Gasteiger partial charge in [0.05, 0.1) is 12.2 Å². The molecule has 0 amide bonds. The topological polar surface area (TPSA) is 66.5 Å². The van der Waals surface area contributed by atoms with Crippen LogP contribution in [0.15, 0.2) is 0 Å². The third kappa shape index (κ3) is 2.44. The fraction of sp³-hybridized carbons (Fsp3) is 1.00. The van der Waals surface area contributed by atoms with Crippen molar-refractivity contribution in [3.8, 4) is 0 Å². The molecule has 0 aliphatic heterocycles. The Bertz CT molecular complexity index is 137. The molecular formula is C9H19NO2. The predicted molar refractivity (Wildman–Crippen MR) is 47.6 cm³/mol. The molecule has 3 heteroatoms. The van der Waals surface area contributed by atoms with Crippen molar-refractivity contribution in [2.45, 2.75) is 44.2 Å². The zero-order valence-electron chi connectivity index (χ0n) is 7.66. The van der Waals surface area contributed by atoms with E-state index in [2.05, 4.69) is 0 Å². The summed E-state index contributed by atoms with van der Waals surface area (Å²) in [4.78, 5) is 0. The molecule has 12 heavy (non-hydrogen) atoms. The third-order valence-corrected chi connectivity index (χ3v) is 2.92. The molecule has 1 saturated carbocycles. The van der Waals surface area contributed by atoms with E-state index in [1.165, 1.54) is 0 Å². The van der Waals surface area contributed by atoms with E-state index >= 15 is 0 Å². The number of aliphatic hydroxyl groups excluding tert-OH is 1. The molecule has 0 bridgehead atoms. The largest absolute Gasteiger partial charge is 0.395 e. The van der Waals surface area contributed by atoms with Crippen molar-refractivity contribution in [3.63, 3.8) is 0 Å². The number of hydrogen-bond donors (Lipinski definition) is 3. The van der Waals surface area contributed by atoms with Crippen LogP contribution in [0.4, 0.5) is 0 Å². The van der Waals surface area contributed by atoms with Gasteiger partial charge in [-0.15, -0.1) is 0 Å². The van der Waals surface area contributed by atoms with Gasteiger partial charge in [0.15, 0.2) is 0 Å². The van der Waals surface area contributed by atoms with Crippen LogP contribution >= 0.6 is 0 Å². The second-order valence-electron chi connectivity index (χ2n) is 4.18. The summed E-state index contributed by atoms with van der Waals surface area (Å²) in [6.07, 6.45) is 3.50. The van der Waals surface area contributed by atoms with Gasteiger partial charge < -0.3 is 15.9 Å². The molecule has 0 aromatic carbocycles. The van der Waals surface area contributed by atoms with Crippen LogP contribution in [0.5, 0.6) is 0 Å². The van der Waals surface area contributed by atoms with Crippen molar-refractivity contribution in [3.05, 3.63) is 0 Å². The van der Waals surface area contributed by atoms with Crippen molar-refractivity contribution in [1.29, 1.82) is 0 Å². The van der Waals surface area contributed by atoms with E-state index in [0.29, 0.717) is 5.92 Å². The first-order chi connectivity index (χ1) is 5.55. The zero-order chi connectivity index (χ0) is 9.19. The first-order valence-electron chi connectivity index (χ1n) is 4.64. The summed E-state index contributed by atoms with van der Waals surface area (Å²) in [5, 5.41) is 18.5.